The highest BCUT2D eigenvalue weighted by atomic mass is 35.5. The first-order valence-corrected chi connectivity index (χ1v) is 8.76. The van der Waals surface area contributed by atoms with Crippen molar-refractivity contribution in [3.63, 3.8) is 0 Å². The molecular formula is C15H24ClNOS. The highest BCUT2D eigenvalue weighted by molar-refractivity contribution is 7.84. The standard InChI is InChI=1S/C15H24ClNOS/c1-4-12(3)15(17-5-2)11-19(18)10-13-8-6-7-9-14(13)16/h6-9,12,15,17H,4-5,10-11H2,1-3H3. The highest BCUT2D eigenvalue weighted by Gasteiger charge is 2.18. The molecule has 108 valence electrons. The molecule has 0 aromatic heterocycles. The van der Waals surface area contributed by atoms with Crippen LogP contribution in [0.2, 0.25) is 5.02 Å². The van der Waals surface area contributed by atoms with Gasteiger partial charge in [0, 0.05) is 27.6 Å². The lowest BCUT2D eigenvalue weighted by atomic mass is 10.0. The second-order valence-electron chi connectivity index (χ2n) is 4.89. The van der Waals surface area contributed by atoms with Crippen molar-refractivity contribution >= 4 is 22.4 Å². The van der Waals surface area contributed by atoms with Gasteiger partial charge in [-0.25, -0.2) is 0 Å². The molecule has 2 nitrogen and oxygen atoms in total. The predicted molar refractivity (Wildman–Crippen MR) is 85.1 cm³/mol. The molecule has 3 unspecified atom stereocenters. The summed E-state index contributed by atoms with van der Waals surface area (Å²) in [6.45, 7) is 7.39. The quantitative estimate of drug-likeness (QED) is 0.794. The second kappa shape index (κ2) is 8.72. The van der Waals surface area contributed by atoms with Crippen molar-refractivity contribution < 1.29 is 4.21 Å². The van der Waals surface area contributed by atoms with Crippen LogP contribution in [0.3, 0.4) is 0 Å². The smallest absolute Gasteiger partial charge is 0.0501 e. The van der Waals surface area contributed by atoms with Gasteiger partial charge in [0.05, 0.1) is 5.75 Å². The fourth-order valence-corrected chi connectivity index (χ4v) is 3.86. The summed E-state index contributed by atoms with van der Waals surface area (Å²) in [6.07, 6.45) is 1.10. The Balaban J connectivity index is 2.60. The van der Waals surface area contributed by atoms with Crippen LogP contribution in [0.15, 0.2) is 24.3 Å². The molecule has 0 saturated carbocycles. The summed E-state index contributed by atoms with van der Waals surface area (Å²) in [7, 11) is -0.882. The van der Waals surface area contributed by atoms with Crippen molar-refractivity contribution in [1.82, 2.24) is 5.32 Å². The Hall–Kier alpha value is -0.380. The van der Waals surface area contributed by atoms with E-state index in [1.807, 2.05) is 24.3 Å². The van der Waals surface area contributed by atoms with Gasteiger partial charge in [0.25, 0.3) is 0 Å². The number of rotatable bonds is 8. The fraction of sp³-hybridized carbons (Fsp3) is 0.600. The first-order chi connectivity index (χ1) is 9.08. The molecule has 19 heavy (non-hydrogen) atoms. The monoisotopic (exact) mass is 301 g/mol. The minimum Gasteiger partial charge on any atom is -0.313 e. The van der Waals surface area contributed by atoms with Gasteiger partial charge in [-0.3, -0.25) is 4.21 Å². The van der Waals surface area contributed by atoms with Crippen LogP contribution in [0.5, 0.6) is 0 Å². The zero-order valence-corrected chi connectivity index (χ0v) is 13.6. The van der Waals surface area contributed by atoms with E-state index in [0.29, 0.717) is 28.5 Å². The van der Waals surface area contributed by atoms with Crippen molar-refractivity contribution in [3.8, 4) is 0 Å². The molecule has 0 spiro atoms. The van der Waals surface area contributed by atoms with Gasteiger partial charge in [-0.05, 0) is 24.1 Å². The number of hydrogen-bond acceptors (Lipinski definition) is 2. The van der Waals surface area contributed by atoms with E-state index in [0.717, 1.165) is 18.5 Å². The summed E-state index contributed by atoms with van der Waals surface area (Å²) in [6, 6.07) is 7.96. The van der Waals surface area contributed by atoms with E-state index < -0.39 is 10.8 Å². The number of benzene rings is 1. The Morgan fingerprint density at radius 1 is 1.32 bits per heavy atom. The summed E-state index contributed by atoms with van der Waals surface area (Å²) < 4.78 is 12.3. The summed E-state index contributed by atoms with van der Waals surface area (Å²) in [4.78, 5) is 0. The molecule has 0 heterocycles. The van der Waals surface area contributed by atoms with Gasteiger partial charge >= 0.3 is 0 Å². The molecule has 0 bridgehead atoms. The Bertz CT molecular complexity index is 411. The lowest BCUT2D eigenvalue weighted by Gasteiger charge is -2.23. The second-order valence-corrected chi connectivity index (χ2v) is 6.80. The topological polar surface area (TPSA) is 29.1 Å². The molecule has 0 aliphatic rings. The average Bonchev–Trinajstić information content (AvgIpc) is 2.40. The molecule has 0 radical (unpaired) electrons. The summed E-state index contributed by atoms with van der Waals surface area (Å²) >= 11 is 6.11. The molecule has 1 N–H and O–H groups in total. The summed E-state index contributed by atoms with van der Waals surface area (Å²) in [5.74, 6) is 1.77. The largest absolute Gasteiger partial charge is 0.313 e. The molecule has 4 heteroatoms. The van der Waals surface area contributed by atoms with Crippen LogP contribution in [-0.4, -0.2) is 22.5 Å². The van der Waals surface area contributed by atoms with Crippen molar-refractivity contribution in [1.29, 1.82) is 0 Å². The maximum Gasteiger partial charge on any atom is 0.0501 e. The van der Waals surface area contributed by atoms with Crippen molar-refractivity contribution in [3.05, 3.63) is 34.9 Å². The molecule has 1 aromatic rings. The van der Waals surface area contributed by atoms with Crippen LogP contribution >= 0.6 is 11.6 Å². The summed E-state index contributed by atoms with van der Waals surface area (Å²) in [5, 5.41) is 4.15. The predicted octanol–water partition coefficient (Wildman–Crippen LogP) is 3.61. The van der Waals surface area contributed by atoms with Gasteiger partial charge in [-0.2, -0.15) is 0 Å². The van der Waals surface area contributed by atoms with E-state index in [2.05, 4.69) is 26.1 Å². The third-order valence-electron chi connectivity index (χ3n) is 3.44. The van der Waals surface area contributed by atoms with Crippen LogP contribution < -0.4 is 5.32 Å². The van der Waals surface area contributed by atoms with E-state index in [1.165, 1.54) is 0 Å². The van der Waals surface area contributed by atoms with E-state index >= 15 is 0 Å². The molecule has 0 fully saturated rings. The van der Waals surface area contributed by atoms with Crippen molar-refractivity contribution in [2.75, 3.05) is 12.3 Å². The van der Waals surface area contributed by atoms with Crippen LogP contribution in [0.25, 0.3) is 0 Å². The Kier molecular flexibility index (Phi) is 7.66. The van der Waals surface area contributed by atoms with Crippen LogP contribution in [0.4, 0.5) is 0 Å². The van der Waals surface area contributed by atoms with Gasteiger partial charge in [-0.15, -0.1) is 0 Å². The number of halogens is 1. The van der Waals surface area contributed by atoms with Gasteiger partial charge in [0.1, 0.15) is 0 Å². The zero-order chi connectivity index (χ0) is 14.3. The van der Waals surface area contributed by atoms with Crippen molar-refractivity contribution in [2.24, 2.45) is 5.92 Å². The van der Waals surface area contributed by atoms with Gasteiger partial charge in [0.15, 0.2) is 0 Å². The Morgan fingerprint density at radius 3 is 2.58 bits per heavy atom. The Morgan fingerprint density at radius 2 is 2.00 bits per heavy atom. The molecule has 3 atom stereocenters. The molecule has 0 saturated heterocycles. The van der Waals surface area contributed by atoms with E-state index in [4.69, 9.17) is 11.6 Å². The van der Waals surface area contributed by atoms with E-state index in [1.54, 1.807) is 0 Å². The summed E-state index contributed by atoms with van der Waals surface area (Å²) in [5.41, 5.74) is 0.974. The lowest BCUT2D eigenvalue weighted by molar-refractivity contribution is 0.401. The maximum atomic E-state index is 12.3. The molecule has 0 aliphatic heterocycles. The molecule has 1 aromatic carbocycles. The van der Waals surface area contributed by atoms with E-state index in [9.17, 15) is 4.21 Å². The minimum atomic E-state index is -0.882. The number of nitrogens with one attached hydrogen (secondary N) is 1. The average molecular weight is 302 g/mol. The van der Waals surface area contributed by atoms with Crippen molar-refractivity contribution in [2.45, 2.75) is 39.0 Å². The van der Waals surface area contributed by atoms with Gasteiger partial charge in [0.2, 0.25) is 0 Å². The number of hydrogen-bond donors (Lipinski definition) is 1. The highest BCUT2D eigenvalue weighted by Crippen LogP contribution is 2.18. The fourth-order valence-electron chi connectivity index (χ4n) is 2.02. The molecule has 0 aliphatic carbocycles. The van der Waals surface area contributed by atoms with E-state index in [-0.39, 0.29) is 0 Å². The first kappa shape index (κ1) is 16.7. The molecule has 1 rings (SSSR count). The van der Waals surface area contributed by atoms with Crippen LogP contribution in [-0.2, 0) is 16.6 Å². The third-order valence-corrected chi connectivity index (χ3v) is 5.17. The van der Waals surface area contributed by atoms with Gasteiger partial charge in [-0.1, -0.05) is 57.0 Å². The van der Waals surface area contributed by atoms with Crippen LogP contribution in [0, 0.1) is 5.92 Å². The minimum absolute atomic E-state index is 0.318. The molecular weight excluding hydrogens is 278 g/mol. The first-order valence-electron chi connectivity index (χ1n) is 6.90. The van der Waals surface area contributed by atoms with Gasteiger partial charge < -0.3 is 5.32 Å². The zero-order valence-electron chi connectivity index (χ0n) is 12.0. The third kappa shape index (κ3) is 5.64. The lowest BCUT2D eigenvalue weighted by Crippen LogP contribution is -2.39. The molecule has 0 amide bonds. The Labute approximate surface area is 124 Å². The maximum absolute atomic E-state index is 12.3. The SMILES string of the molecule is CCNC(CS(=O)Cc1ccccc1Cl)C(C)CC. The van der Waals surface area contributed by atoms with Crippen LogP contribution in [0.1, 0.15) is 32.8 Å². The normalized spacial score (nSPS) is 16.0.